The highest BCUT2D eigenvalue weighted by Gasteiger charge is 2.50. The lowest BCUT2D eigenvalue weighted by Crippen LogP contribution is -2.14. The van der Waals surface area contributed by atoms with Crippen molar-refractivity contribution in [3.63, 3.8) is 0 Å². The lowest BCUT2D eigenvalue weighted by Gasteiger charge is -2.13. The molecule has 56 valence electrons. The van der Waals surface area contributed by atoms with Gasteiger partial charge < -0.3 is 0 Å². The second-order valence-corrected chi connectivity index (χ2v) is 3.81. The fraction of sp³-hybridized carbons (Fsp3) is 0.500. The number of fused-ring (bicyclic) bond motifs is 1. The number of rotatable bonds is 0. The van der Waals surface area contributed by atoms with E-state index in [9.17, 15) is 4.79 Å². The molecule has 4 aliphatic carbocycles. The summed E-state index contributed by atoms with van der Waals surface area (Å²) >= 11 is 0. The van der Waals surface area contributed by atoms with Gasteiger partial charge in [-0.25, -0.2) is 0 Å². The van der Waals surface area contributed by atoms with Crippen LogP contribution in [0.3, 0.4) is 0 Å². The average Bonchev–Trinajstić information content (AvgIpc) is 2.74. The molecule has 4 atom stereocenters. The third kappa shape index (κ3) is 0.635. The Balaban J connectivity index is 2.12. The van der Waals surface area contributed by atoms with E-state index in [2.05, 4.69) is 18.2 Å². The Morgan fingerprint density at radius 1 is 1.18 bits per heavy atom. The predicted octanol–water partition coefficient (Wildman–Crippen LogP) is 1.56. The number of allylic oxidation sites excluding steroid dienone is 4. The molecule has 1 nitrogen and oxygen atoms in total. The molecule has 0 amide bonds. The maximum absolute atomic E-state index is 11.4. The monoisotopic (exact) mass is 146 g/mol. The van der Waals surface area contributed by atoms with E-state index in [0.717, 1.165) is 5.92 Å². The van der Waals surface area contributed by atoms with Crippen LogP contribution in [0.15, 0.2) is 24.3 Å². The number of hydrogen-bond donors (Lipinski definition) is 0. The minimum atomic E-state index is 0.245. The molecule has 11 heavy (non-hydrogen) atoms. The van der Waals surface area contributed by atoms with Crippen LogP contribution in [0.1, 0.15) is 6.42 Å². The maximum atomic E-state index is 11.4. The van der Waals surface area contributed by atoms with Gasteiger partial charge in [0.1, 0.15) is 0 Å². The zero-order valence-electron chi connectivity index (χ0n) is 6.23. The van der Waals surface area contributed by atoms with Crippen molar-refractivity contribution in [3.05, 3.63) is 24.3 Å². The van der Waals surface area contributed by atoms with Crippen LogP contribution >= 0.6 is 0 Å². The smallest absolute Gasteiger partial charge is 0.162 e. The third-order valence-electron chi connectivity index (χ3n) is 3.20. The molecule has 0 aromatic rings. The lowest BCUT2D eigenvalue weighted by atomic mass is 9.90. The molecule has 0 spiro atoms. The van der Waals surface area contributed by atoms with E-state index in [1.54, 1.807) is 6.08 Å². The Morgan fingerprint density at radius 3 is 3.00 bits per heavy atom. The highest BCUT2D eigenvalue weighted by Crippen LogP contribution is 2.55. The van der Waals surface area contributed by atoms with Gasteiger partial charge in [-0.05, 0) is 30.3 Å². The Morgan fingerprint density at radius 2 is 2.09 bits per heavy atom. The van der Waals surface area contributed by atoms with Gasteiger partial charge in [0.15, 0.2) is 5.78 Å². The van der Waals surface area contributed by atoms with Crippen LogP contribution in [0.25, 0.3) is 0 Å². The van der Waals surface area contributed by atoms with E-state index < -0.39 is 0 Å². The number of hydrogen-bond acceptors (Lipinski definition) is 1. The van der Waals surface area contributed by atoms with E-state index in [-0.39, 0.29) is 5.92 Å². The van der Waals surface area contributed by atoms with Crippen molar-refractivity contribution in [3.8, 4) is 0 Å². The third-order valence-corrected chi connectivity index (χ3v) is 3.20. The molecule has 1 fully saturated rings. The second kappa shape index (κ2) is 1.66. The van der Waals surface area contributed by atoms with Crippen molar-refractivity contribution in [2.75, 3.05) is 0 Å². The van der Waals surface area contributed by atoms with Crippen LogP contribution in [0.2, 0.25) is 0 Å². The molecule has 1 heteroatoms. The van der Waals surface area contributed by atoms with Crippen LogP contribution in [0.4, 0.5) is 0 Å². The molecule has 4 aliphatic rings. The van der Waals surface area contributed by atoms with Crippen molar-refractivity contribution in [1.29, 1.82) is 0 Å². The zero-order chi connectivity index (χ0) is 7.42. The first kappa shape index (κ1) is 5.76. The largest absolute Gasteiger partial charge is 0.294 e. The summed E-state index contributed by atoms with van der Waals surface area (Å²) < 4.78 is 0. The van der Waals surface area contributed by atoms with Gasteiger partial charge in [0.25, 0.3) is 0 Å². The molecule has 0 aromatic carbocycles. The molecule has 0 aromatic heterocycles. The fourth-order valence-electron chi connectivity index (χ4n) is 2.45. The number of carbonyl (C=O) groups is 1. The quantitative estimate of drug-likeness (QED) is 0.474. The standard InChI is InChI=1S/C10H10O/c11-10-4-2-6-1-3-7(10)9-5-8(6)9/h1-4,6-9H,5H2/t6?,7?,8-,9+/m1/s1. The Bertz CT molecular complexity index is 275. The topological polar surface area (TPSA) is 17.1 Å². The van der Waals surface area contributed by atoms with Gasteiger partial charge in [-0.15, -0.1) is 0 Å². The molecule has 0 aliphatic heterocycles. The van der Waals surface area contributed by atoms with Crippen molar-refractivity contribution < 1.29 is 4.79 Å². The van der Waals surface area contributed by atoms with Crippen LogP contribution < -0.4 is 0 Å². The normalized spacial score (nSPS) is 50.7. The van der Waals surface area contributed by atoms with Crippen molar-refractivity contribution in [2.24, 2.45) is 23.7 Å². The zero-order valence-corrected chi connectivity index (χ0v) is 6.23. The van der Waals surface area contributed by atoms with Gasteiger partial charge in [-0.2, -0.15) is 0 Å². The SMILES string of the molecule is O=C1C=CC2C=CC1[C@@H]1C[C@H]21. The number of carbonyl (C=O) groups excluding carboxylic acids is 1. The molecule has 2 unspecified atom stereocenters. The first-order valence-electron chi connectivity index (χ1n) is 4.26. The predicted molar refractivity (Wildman–Crippen MR) is 41.9 cm³/mol. The summed E-state index contributed by atoms with van der Waals surface area (Å²) in [5.74, 6) is 2.67. The minimum absolute atomic E-state index is 0.245. The summed E-state index contributed by atoms with van der Waals surface area (Å²) in [7, 11) is 0. The van der Waals surface area contributed by atoms with E-state index in [0.29, 0.717) is 17.6 Å². The van der Waals surface area contributed by atoms with Gasteiger partial charge >= 0.3 is 0 Å². The molecular formula is C10H10O. The summed E-state index contributed by atoms with van der Waals surface area (Å²) in [6.45, 7) is 0. The van der Waals surface area contributed by atoms with Gasteiger partial charge in [0.05, 0.1) is 0 Å². The van der Waals surface area contributed by atoms with Gasteiger partial charge in [0.2, 0.25) is 0 Å². The fourth-order valence-corrected chi connectivity index (χ4v) is 2.45. The highest BCUT2D eigenvalue weighted by atomic mass is 16.1. The molecule has 0 heterocycles. The van der Waals surface area contributed by atoms with Crippen molar-refractivity contribution in [2.45, 2.75) is 6.42 Å². The van der Waals surface area contributed by atoms with Gasteiger partial charge in [0, 0.05) is 5.92 Å². The molecular weight excluding hydrogens is 136 g/mol. The lowest BCUT2D eigenvalue weighted by molar-refractivity contribution is -0.117. The minimum Gasteiger partial charge on any atom is -0.294 e. The van der Waals surface area contributed by atoms with E-state index >= 15 is 0 Å². The summed E-state index contributed by atoms with van der Waals surface area (Å²) in [6.07, 6.45) is 9.46. The molecule has 0 N–H and O–H groups in total. The Hall–Kier alpha value is -0.850. The summed E-state index contributed by atoms with van der Waals surface area (Å²) in [5, 5.41) is 0. The second-order valence-electron chi connectivity index (χ2n) is 3.81. The molecule has 4 rings (SSSR count). The Labute approximate surface area is 65.8 Å². The summed E-state index contributed by atoms with van der Waals surface area (Å²) in [4.78, 5) is 11.4. The summed E-state index contributed by atoms with van der Waals surface area (Å²) in [5.41, 5.74) is 0. The van der Waals surface area contributed by atoms with E-state index in [1.165, 1.54) is 6.42 Å². The van der Waals surface area contributed by atoms with Gasteiger partial charge in [-0.1, -0.05) is 18.2 Å². The Kier molecular flexibility index (Phi) is 0.867. The van der Waals surface area contributed by atoms with Gasteiger partial charge in [-0.3, -0.25) is 4.79 Å². The van der Waals surface area contributed by atoms with Crippen LogP contribution in [-0.4, -0.2) is 5.78 Å². The van der Waals surface area contributed by atoms with Crippen LogP contribution in [-0.2, 0) is 4.79 Å². The van der Waals surface area contributed by atoms with Crippen LogP contribution in [0, 0.1) is 23.7 Å². The number of ketones is 1. The first-order valence-corrected chi connectivity index (χ1v) is 4.26. The summed E-state index contributed by atoms with van der Waals surface area (Å²) in [6, 6.07) is 0. The highest BCUT2D eigenvalue weighted by molar-refractivity contribution is 5.94. The molecule has 2 bridgehead atoms. The first-order chi connectivity index (χ1) is 5.36. The van der Waals surface area contributed by atoms with E-state index in [4.69, 9.17) is 0 Å². The molecule has 0 radical (unpaired) electrons. The van der Waals surface area contributed by atoms with Crippen molar-refractivity contribution >= 4 is 5.78 Å². The van der Waals surface area contributed by atoms with E-state index in [1.807, 2.05) is 0 Å². The van der Waals surface area contributed by atoms with Crippen LogP contribution in [0.5, 0.6) is 0 Å². The molecule has 0 saturated heterocycles. The molecule has 1 saturated carbocycles. The maximum Gasteiger partial charge on any atom is 0.162 e. The average molecular weight is 146 g/mol. The van der Waals surface area contributed by atoms with Crippen molar-refractivity contribution in [1.82, 2.24) is 0 Å².